The highest BCUT2D eigenvalue weighted by Gasteiger charge is 2.19. The summed E-state index contributed by atoms with van der Waals surface area (Å²) in [5.41, 5.74) is -0.285. The summed E-state index contributed by atoms with van der Waals surface area (Å²) in [7, 11) is 3.34. The van der Waals surface area contributed by atoms with Crippen LogP contribution in [0.5, 0.6) is 11.5 Å². The van der Waals surface area contributed by atoms with Crippen LogP contribution in [0.25, 0.3) is 0 Å². The SMILES string of the molecule is COc1cc(CN=Nc2ccc([N+](=O)[O-])cc2[N+](=O)[O-])ccc1OCCCN(C)CCC(=O)O. The first-order chi connectivity index (χ1) is 16.2. The predicted octanol–water partition coefficient (Wildman–Crippen LogP) is 3.97. The standard InChI is InChI=1S/C21H25N5O8/c1-24(10-8-21(27)28)9-3-11-34-19-7-4-15(12-20(19)33-2)14-22-23-17-6-5-16(25(29)30)13-18(17)26(31)32/h4-7,12-13H,3,8-11,14H2,1-2H3,(H,27,28). The first-order valence-electron chi connectivity index (χ1n) is 10.2. The lowest BCUT2D eigenvalue weighted by molar-refractivity contribution is -0.393. The molecule has 2 rings (SSSR count). The lowest BCUT2D eigenvalue weighted by Gasteiger charge is -2.16. The number of methoxy groups -OCH3 is 1. The van der Waals surface area contributed by atoms with E-state index in [4.69, 9.17) is 14.6 Å². The van der Waals surface area contributed by atoms with Crippen molar-refractivity contribution in [1.82, 2.24) is 4.90 Å². The minimum Gasteiger partial charge on any atom is -0.493 e. The highest BCUT2D eigenvalue weighted by molar-refractivity contribution is 5.66. The molecule has 0 spiro atoms. The van der Waals surface area contributed by atoms with Crippen molar-refractivity contribution in [2.45, 2.75) is 19.4 Å². The topological polar surface area (TPSA) is 170 Å². The Morgan fingerprint density at radius 2 is 1.85 bits per heavy atom. The van der Waals surface area contributed by atoms with Crippen LogP contribution < -0.4 is 9.47 Å². The zero-order chi connectivity index (χ0) is 25.1. The number of carboxylic acids is 1. The molecule has 0 aliphatic heterocycles. The number of carboxylic acid groups (broad SMARTS) is 1. The lowest BCUT2D eigenvalue weighted by atomic mass is 10.2. The number of azo groups is 1. The first kappa shape index (κ1) is 26.1. The highest BCUT2D eigenvalue weighted by Crippen LogP contribution is 2.32. The van der Waals surface area contributed by atoms with Gasteiger partial charge in [0.05, 0.1) is 42.6 Å². The molecule has 0 saturated heterocycles. The first-order valence-corrected chi connectivity index (χ1v) is 10.2. The molecule has 0 heterocycles. The number of hydrogen-bond donors (Lipinski definition) is 1. The average Bonchev–Trinajstić information content (AvgIpc) is 2.80. The summed E-state index contributed by atoms with van der Waals surface area (Å²) in [5, 5.41) is 38.5. The molecule has 0 radical (unpaired) electrons. The van der Waals surface area contributed by atoms with Gasteiger partial charge in [-0.3, -0.25) is 25.0 Å². The van der Waals surface area contributed by atoms with Gasteiger partial charge in [-0.2, -0.15) is 5.11 Å². The summed E-state index contributed by atoms with van der Waals surface area (Å²) in [6.07, 6.45) is 0.783. The summed E-state index contributed by atoms with van der Waals surface area (Å²) >= 11 is 0. The van der Waals surface area contributed by atoms with Crippen molar-refractivity contribution in [3.8, 4) is 11.5 Å². The van der Waals surface area contributed by atoms with Gasteiger partial charge in [-0.05, 0) is 37.2 Å². The molecule has 2 aromatic rings. The number of nitro groups is 2. The van der Waals surface area contributed by atoms with Gasteiger partial charge in [0.2, 0.25) is 0 Å². The summed E-state index contributed by atoms with van der Waals surface area (Å²) in [5.74, 6) is 0.175. The number of nitrogens with zero attached hydrogens (tertiary/aromatic N) is 5. The molecule has 0 aromatic heterocycles. The van der Waals surface area contributed by atoms with Gasteiger partial charge in [-0.25, -0.2) is 0 Å². The predicted molar refractivity (Wildman–Crippen MR) is 121 cm³/mol. The minimum atomic E-state index is -0.835. The summed E-state index contributed by atoms with van der Waals surface area (Å²) in [6.45, 7) is 1.66. The quantitative estimate of drug-likeness (QED) is 0.184. The smallest absolute Gasteiger partial charge is 0.304 e. The van der Waals surface area contributed by atoms with Crippen molar-refractivity contribution in [2.75, 3.05) is 33.9 Å². The van der Waals surface area contributed by atoms with E-state index >= 15 is 0 Å². The van der Waals surface area contributed by atoms with Gasteiger partial charge >= 0.3 is 11.7 Å². The third-order valence-electron chi connectivity index (χ3n) is 4.68. The van der Waals surface area contributed by atoms with Crippen LogP contribution in [-0.2, 0) is 11.3 Å². The second-order valence-corrected chi connectivity index (χ2v) is 7.22. The van der Waals surface area contributed by atoms with Crippen LogP contribution in [0.3, 0.4) is 0 Å². The van der Waals surface area contributed by atoms with E-state index in [1.807, 2.05) is 11.9 Å². The van der Waals surface area contributed by atoms with Gasteiger partial charge in [0.1, 0.15) is 0 Å². The largest absolute Gasteiger partial charge is 0.493 e. The molecule has 1 N–H and O–H groups in total. The maximum atomic E-state index is 11.2. The van der Waals surface area contributed by atoms with Crippen molar-refractivity contribution >= 4 is 23.0 Å². The van der Waals surface area contributed by atoms with Crippen LogP contribution in [0.1, 0.15) is 18.4 Å². The van der Waals surface area contributed by atoms with E-state index in [2.05, 4.69) is 10.2 Å². The zero-order valence-corrected chi connectivity index (χ0v) is 18.7. The Hall–Kier alpha value is -4.13. The molecule has 13 nitrogen and oxygen atoms in total. The van der Waals surface area contributed by atoms with Crippen molar-refractivity contribution in [3.05, 3.63) is 62.2 Å². The molecule has 2 aromatic carbocycles. The molecular weight excluding hydrogens is 450 g/mol. The van der Waals surface area contributed by atoms with Crippen LogP contribution in [-0.4, -0.2) is 59.7 Å². The Bertz CT molecular complexity index is 1060. The second-order valence-electron chi connectivity index (χ2n) is 7.22. The van der Waals surface area contributed by atoms with Gasteiger partial charge in [0.15, 0.2) is 17.2 Å². The van der Waals surface area contributed by atoms with Gasteiger partial charge in [0, 0.05) is 19.2 Å². The van der Waals surface area contributed by atoms with Crippen LogP contribution in [0.15, 0.2) is 46.6 Å². The maximum Gasteiger partial charge on any atom is 0.304 e. The zero-order valence-electron chi connectivity index (χ0n) is 18.7. The monoisotopic (exact) mass is 475 g/mol. The maximum absolute atomic E-state index is 11.2. The van der Waals surface area contributed by atoms with Crippen LogP contribution >= 0.6 is 0 Å². The second kappa shape index (κ2) is 12.8. The Morgan fingerprint density at radius 1 is 1.09 bits per heavy atom. The van der Waals surface area contributed by atoms with E-state index in [-0.39, 0.29) is 18.7 Å². The van der Waals surface area contributed by atoms with E-state index in [0.29, 0.717) is 43.2 Å². The van der Waals surface area contributed by atoms with Gasteiger partial charge in [0.25, 0.3) is 5.69 Å². The molecule has 0 aliphatic carbocycles. The van der Waals surface area contributed by atoms with Crippen LogP contribution in [0.2, 0.25) is 0 Å². The fourth-order valence-electron chi connectivity index (χ4n) is 2.89. The number of ether oxygens (including phenoxy) is 2. The number of rotatable bonds is 14. The van der Waals surface area contributed by atoms with E-state index < -0.39 is 27.2 Å². The number of aliphatic carboxylic acids is 1. The van der Waals surface area contributed by atoms with Crippen LogP contribution in [0.4, 0.5) is 17.1 Å². The summed E-state index contributed by atoms with van der Waals surface area (Å²) in [4.78, 5) is 33.0. The average molecular weight is 475 g/mol. The molecular formula is C21H25N5O8. The molecule has 34 heavy (non-hydrogen) atoms. The number of nitro benzene ring substituents is 2. The highest BCUT2D eigenvalue weighted by atomic mass is 16.6. The van der Waals surface area contributed by atoms with E-state index in [9.17, 15) is 25.0 Å². The summed E-state index contributed by atoms with van der Waals surface area (Å²) < 4.78 is 11.1. The third-order valence-corrected chi connectivity index (χ3v) is 4.68. The number of carbonyl (C=O) groups is 1. The van der Waals surface area contributed by atoms with Gasteiger partial charge < -0.3 is 19.5 Å². The molecule has 0 aliphatic rings. The van der Waals surface area contributed by atoms with E-state index in [1.165, 1.54) is 13.2 Å². The number of non-ortho nitro benzene ring substituents is 1. The minimum absolute atomic E-state index is 0.0848. The Morgan fingerprint density at radius 3 is 2.50 bits per heavy atom. The normalized spacial score (nSPS) is 11.0. The van der Waals surface area contributed by atoms with Gasteiger partial charge in [-0.1, -0.05) is 6.07 Å². The van der Waals surface area contributed by atoms with Crippen molar-refractivity contribution in [1.29, 1.82) is 0 Å². The molecule has 182 valence electrons. The van der Waals surface area contributed by atoms with Crippen molar-refractivity contribution < 1.29 is 29.2 Å². The molecule has 0 unspecified atom stereocenters. The van der Waals surface area contributed by atoms with E-state index in [0.717, 1.165) is 12.1 Å². The fraction of sp³-hybridized carbons (Fsp3) is 0.381. The molecule has 0 amide bonds. The Balaban J connectivity index is 1.96. The van der Waals surface area contributed by atoms with Gasteiger partial charge in [-0.15, -0.1) is 5.11 Å². The molecule has 0 saturated carbocycles. The Labute approximate surface area is 194 Å². The third kappa shape index (κ3) is 8.09. The van der Waals surface area contributed by atoms with Crippen LogP contribution in [0, 0.1) is 20.2 Å². The summed E-state index contributed by atoms with van der Waals surface area (Å²) in [6, 6.07) is 8.31. The number of hydrogen-bond acceptors (Lipinski definition) is 10. The number of benzene rings is 2. The molecule has 0 bridgehead atoms. The molecule has 0 fully saturated rings. The van der Waals surface area contributed by atoms with Crippen molar-refractivity contribution in [3.63, 3.8) is 0 Å². The Kier molecular flexibility index (Phi) is 9.83. The molecule has 13 heteroatoms. The molecule has 0 atom stereocenters. The fourth-order valence-corrected chi connectivity index (χ4v) is 2.89. The lowest BCUT2D eigenvalue weighted by Crippen LogP contribution is -2.24. The van der Waals surface area contributed by atoms with E-state index in [1.54, 1.807) is 18.2 Å². The van der Waals surface area contributed by atoms with Crippen molar-refractivity contribution in [2.24, 2.45) is 10.2 Å².